The maximum absolute atomic E-state index is 12.4. The van der Waals surface area contributed by atoms with Crippen molar-refractivity contribution in [2.24, 2.45) is 5.73 Å². The minimum atomic E-state index is -0.860. The van der Waals surface area contributed by atoms with Crippen LogP contribution in [0.25, 0.3) is 0 Å². The van der Waals surface area contributed by atoms with Gasteiger partial charge in [-0.3, -0.25) is 9.59 Å². The number of carbonyl (C=O) groups is 2. The Bertz CT molecular complexity index is 675. The standard InChI is InChI=1S/C17H16N2O3/c18-16(20)15(11-6-2-1-3-7-11)19-17(21)14-10-12-8-4-5-9-13(12)22-14/h1-9,14-15H,10H2,(H2,18,20)(H,19,21). The first-order valence-electron chi connectivity index (χ1n) is 7.04. The lowest BCUT2D eigenvalue weighted by atomic mass is 10.1. The second-order valence-electron chi connectivity index (χ2n) is 5.17. The number of nitrogens with one attached hydrogen (secondary N) is 1. The summed E-state index contributed by atoms with van der Waals surface area (Å²) in [5, 5.41) is 2.67. The van der Waals surface area contributed by atoms with Crippen molar-refractivity contribution in [2.75, 3.05) is 0 Å². The van der Waals surface area contributed by atoms with Gasteiger partial charge in [0.25, 0.3) is 5.91 Å². The van der Waals surface area contributed by atoms with E-state index in [1.54, 1.807) is 24.3 Å². The highest BCUT2D eigenvalue weighted by molar-refractivity contribution is 5.90. The van der Waals surface area contributed by atoms with Crippen molar-refractivity contribution in [2.45, 2.75) is 18.6 Å². The van der Waals surface area contributed by atoms with E-state index >= 15 is 0 Å². The summed E-state index contributed by atoms with van der Waals surface area (Å²) in [6.07, 6.45) is -0.148. The van der Waals surface area contributed by atoms with Gasteiger partial charge in [0.15, 0.2) is 6.10 Å². The highest BCUT2D eigenvalue weighted by Gasteiger charge is 2.31. The van der Waals surface area contributed by atoms with E-state index in [1.165, 1.54) is 0 Å². The van der Waals surface area contributed by atoms with Crippen LogP contribution in [0.3, 0.4) is 0 Å². The molecule has 0 aromatic heterocycles. The summed E-state index contributed by atoms with van der Waals surface area (Å²) in [5.74, 6) is -0.239. The fourth-order valence-electron chi connectivity index (χ4n) is 2.53. The van der Waals surface area contributed by atoms with Gasteiger partial charge in [0.05, 0.1) is 0 Å². The van der Waals surface area contributed by atoms with E-state index in [1.807, 2.05) is 30.3 Å². The molecule has 2 aromatic carbocycles. The van der Waals surface area contributed by atoms with E-state index in [2.05, 4.69) is 5.32 Å². The Labute approximate surface area is 128 Å². The van der Waals surface area contributed by atoms with Crippen molar-refractivity contribution < 1.29 is 14.3 Å². The third-order valence-corrected chi connectivity index (χ3v) is 3.64. The number of nitrogens with two attached hydrogens (primary N) is 1. The van der Waals surface area contributed by atoms with Crippen LogP contribution in [0.5, 0.6) is 5.75 Å². The number of fused-ring (bicyclic) bond motifs is 1. The lowest BCUT2D eigenvalue weighted by Crippen LogP contribution is -2.44. The molecule has 0 fully saturated rings. The molecule has 2 aromatic rings. The number of hydrogen-bond donors (Lipinski definition) is 2. The minimum absolute atomic E-state index is 0.344. The number of benzene rings is 2. The van der Waals surface area contributed by atoms with Gasteiger partial charge >= 0.3 is 0 Å². The third kappa shape index (κ3) is 2.79. The lowest BCUT2D eigenvalue weighted by Gasteiger charge is -2.18. The number of hydrogen-bond acceptors (Lipinski definition) is 3. The van der Waals surface area contributed by atoms with Gasteiger partial charge in [0.2, 0.25) is 5.91 Å². The molecule has 0 spiro atoms. The largest absolute Gasteiger partial charge is 0.480 e. The van der Waals surface area contributed by atoms with E-state index in [0.717, 1.165) is 5.56 Å². The molecule has 0 radical (unpaired) electrons. The SMILES string of the molecule is NC(=O)C(NC(=O)C1Cc2ccccc2O1)c1ccccc1. The third-order valence-electron chi connectivity index (χ3n) is 3.64. The molecule has 3 N–H and O–H groups in total. The molecule has 2 unspecified atom stereocenters. The number of ether oxygens (including phenoxy) is 1. The summed E-state index contributed by atoms with van der Waals surface area (Å²) in [5.41, 5.74) is 7.04. The normalized spacial score (nSPS) is 17.2. The van der Waals surface area contributed by atoms with E-state index in [-0.39, 0.29) is 5.91 Å². The highest BCUT2D eigenvalue weighted by Crippen LogP contribution is 2.28. The lowest BCUT2D eigenvalue weighted by molar-refractivity contribution is -0.131. The van der Waals surface area contributed by atoms with Gasteiger partial charge in [-0.2, -0.15) is 0 Å². The molecule has 112 valence electrons. The molecule has 3 rings (SSSR count). The van der Waals surface area contributed by atoms with Gasteiger partial charge in [0, 0.05) is 6.42 Å². The quantitative estimate of drug-likeness (QED) is 0.893. The molecule has 0 saturated heterocycles. The van der Waals surface area contributed by atoms with Crippen LogP contribution >= 0.6 is 0 Å². The van der Waals surface area contributed by atoms with Crippen LogP contribution in [-0.4, -0.2) is 17.9 Å². The second-order valence-corrected chi connectivity index (χ2v) is 5.17. The first kappa shape index (κ1) is 14.1. The van der Waals surface area contributed by atoms with E-state index < -0.39 is 18.1 Å². The van der Waals surface area contributed by atoms with Gasteiger partial charge in [-0.05, 0) is 17.2 Å². The highest BCUT2D eigenvalue weighted by atomic mass is 16.5. The Balaban J connectivity index is 1.72. The number of primary amides is 1. The van der Waals surface area contributed by atoms with E-state index in [9.17, 15) is 9.59 Å². The molecule has 0 aliphatic carbocycles. The van der Waals surface area contributed by atoms with Crippen molar-refractivity contribution >= 4 is 11.8 Å². The van der Waals surface area contributed by atoms with E-state index in [4.69, 9.17) is 10.5 Å². The van der Waals surface area contributed by atoms with Crippen LogP contribution in [0, 0.1) is 0 Å². The molecular formula is C17H16N2O3. The summed E-state index contributed by atoms with van der Waals surface area (Å²) >= 11 is 0. The van der Waals surface area contributed by atoms with Crippen LogP contribution in [0.1, 0.15) is 17.2 Å². The first-order valence-corrected chi connectivity index (χ1v) is 7.04. The molecule has 5 heteroatoms. The van der Waals surface area contributed by atoms with Gasteiger partial charge < -0.3 is 15.8 Å². The Kier molecular flexibility index (Phi) is 3.78. The molecule has 22 heavy (non-hydrogen) atoms. The summed E-state index contributed by atoms with van der Waals surface area (Å²) < 4.78 is 5.62. The summed E-state index contributed by atoms with van der Waals surface area (Å²) in [6.45, 7) is 0. The predicted octanol–water partition coefficient (Wildman–Crippen LogP) is 1.33. The maximum Gasteiger partial charge on any atom is 0.262 e. The molecule has 0 saturated carbocycles. The summed E-state index contributed by atoms with van der Waals surface area (Å²) in [6, 6.07) is 15.6. The zero-order chi connectivity index (χ0) is 15.5. The maximum atomic E-state index is 12.4. The van der Waals surface area contributed by atoms with Crippen LogP contribution in [0.4, 0.5) is 0 Å². The van der Waals surface area contributed by atoms with Gasteiger partial charge in [-0.1, -0.05) is 48.5 Å². The van der Waals surface area contributed by atoms with Crippen LogP contribution in [0.2, 0.25) is 0 Å². The average molecular weight is 296 g/mol. The Hall–Kier alpha value is -2.82. The number of para-hydroxylation sites is 1. The second kappa shape index (κ2) is 5.89. The van der Waals surface area contributed by atoms with E-state index in [0.29, 0.717) is 17.7 Å². The molecule has 0 bridgehead atoms. The zero-order valence-electron chi connectivity index (χ0n) is 11.9. The van der Waals surface area contributed by atoms with Crippen molar-refractivity contribution in [1.82, 2.24) is 5.32 Å². The fraction of sp³-hybridized carbons (Fsp3) is 0.176. The topological polar surface area (TPSA) is 81.4 Å². The molecule has 1 aliphatic rings. The predicted molar refractivity (Wildman–Crippen MR) is 81.1 cm³/mol. The molecule has 1 heterocycles. The van der Waals surface area contributed by atoms with Gasteiger partial charge in [0.1, 0.15) is 11.8 Å². The van der Waals surface area contributed by atoms with Crippen LogP contribution in [-0.2, 0) is 16.0 Å². The number of rotatable bonds is 4. The van der Waals surface area contributed by atoms with Crippen molar-refractivity contribution in [1.29, 1.82) is 0 Å². The number of carbonyl (C=O) groups excluding carboxylic acids is 2. The average Bonchev–Trinajstić information content (AvgIpc) is 2.97. The van der Waals surface area contributed by atoms with Crippen molar-refractivity contribution in [3.63, 3.8) is 0 Å². The molecule has 5 nitrogen and oxygen atoms in total. The molecular weight excluding hydrogens is 280 g/mol. The van der Waals surface area contributed by atoms with Crippen LogP contribution < -0.4 is 15.8 Å². The van der Waals surface area contributed by atoms with Crippen molar-refractivity contribution in [3.8, 4) is 5.75 Å². The van der Waals surface area contributed by atoms with Crippen molar-refractivity contribution in [3.05, 3.63) is 65.7 Å². The fourth-order valence-corrected chi connectivity index (χ4v) is 2.53. The van der Waals surface area contributed by atoms with Gasteiger partial charge in [-0.15, -0.1) is 0 Å². The van der Waals surface area contributed by atoms with Crippen LogP contribution in [0.15, 0.2) is 54.6 Å². The number of amides is 2. The molecule has 2 amide bonds. The minimum Gasteiger partial charge on any atom is -0.480 e. The van der Waals surface area contributed by atoms with Gasteiger partial charge in [-0.25, -0.2) is 0 Å². The Morgan fingerprint density at radius 1 is 1.09 bits per heavy atom. The smallest absolute Gasteiger partial charge is 0.262 e. The summed E-state index contributed by atoms with van der Waals surface area (Å²) in [7, 11) is 0. The monoisotopic (exact) mass is 296 g/mol. The summed E-state index contributed by atoms with van der Waals surface area (Å²) in [4.78, 5) is 24.0. The first-order chi connectivity index (χ1) is 10.6. The molecule has 1 aliphatic heterocycles. The zero-order valence-corrected chi connectivity index (χ0v) is 11.9. The Morgan fingerprint density at radius 2 is 1.77 bits per heavy atom. The Morgan fingerprint density at radius 3 is 2.45 bits per heavy atom. The molecule has 2 atom stereocenters.